The van der Waals surface area contributed by atoms with Gasteiger partial charge in [0.15, 0.2) is 0 Å². The van der Waals surface area contributed by atoms with Gasteiger partial charge in [0.25, 0.3) is 0 Å². The van der Waals surface area contributed by atoms with E-state index in [1.54, 1.807) is 0 Å². The van der Waals surface area contributed by atoms with Crippen LogP contribution in [0.25, 0.3) is 0 Å². The van der Waals surface area contributed by atoms with Gasteiger partial charge in [0.1, 0.15) is 0 Å². The van der Waals surface area contributed by atoms with E-state index in [2.05, 4.69) is 13.8 Å². The summed E-state index contributed by atoms with van der Waals surface area (Å²) in [7, 11) is 0. The van der Waals surface area contributed by atoms with Gasteiger partial charge in [0.05, 0.1) is 0 Å². The first-order valence-electron chi connectivity index (χ1n) is 3.87. The van der Waals surface area contributed by atoms with Crippen molar-refractivity contribution in [2.75, 3.05) is 0 Å². The molecular weight excluding hydrogens is 235 g/mol. The molecule has 0 aromatic heterocycles. The average molecular weight is 250 g/mol. The van der Waals surface area contributed by atoms with Crippen molar-refractivity contribution in [2.45, 2.75) is 45.6 Å². The Hall–Kier alpha value is 0.559. The van der Waals surface area contributed by atoms with Crippen molar-refractivity contribution in [3.8, 4) is 0 Å². The molecule has 0 N–H and O–H groups in total. The topological polar surface area (TPSA) is 26.3 Å². The van der Waals surface area contributed by atoms with Crippen LogP contribution in [0.5, 0.6) is 0 Å². The molecule has 10 heavy (non-hydrogen) atoms. The molecule has 0 spiro atoms. The Morgan fingerprint density at radius 3 is 2.60 bits per heavy atom. The van der Waals surface area contributed by atoms with E-state index < -0.39 is 21.5 Å². The van der Waals surface area contributed by atoms with E-state index in [4.69, 9.17) is 3.07 Å². The molecule has 0 saturated carbocycles. The van der Waals surface area contributed by atoms with E-state index in [0.29, 0.717) is 0 Å². The van der Waals surface area contributed by atoms with Crippen molar-refractivity contribution in [1.29, 1.82) is 0 Å². The van der Waals surface area contributed by atoms with Crippen LogP contribution in [-0.2, 0) is 6.15 Å². The first kappa shape index (κ1) is 10.6. The molecule has 1 radical (unpaired) electrons. The molecule has 3 heteroatoms. The molecule has 0 aliphatic carbocycles. The summed E-state index contributed by atoms with van der Waals surface area (Å²) < 4.78 is 15.3. The number of unbranched alkanes of at least 4 members (excludes halogenated alkanes) is 1. The molecule has 59 valence electrons. The van der Waals surface area contributed by atoms with Gasteiger partial charge in [-0.15, -0.1) is 0 Å². The standard InChI is InChI=1S/C7H15O.O.Sn/c1-3-5-6-7(8)4-2;;/h7H,3-6H2,1-2H3;;/q-1;;+1. The fraction of sp³-hybridized carbons (Fsp3) is 1.00. The van der Waals surface area contributed by atoms with E-state index >= 15 is 0 Å². The van der Waals surface area contributed by atoms with E-state index in [-0.39, 0.29) is 6.10 Å². The quantitative estimate of drug-likeness (QED) is 0.673. The van der Waals surface area contributed by atoms with Gasteiger partial charge in [-0.05, 0) is 0 Å². The van der Waals surface area contributed by atoms with Crippen molar-refractivity contribution in [2.24, 2.45) is 0 Å². The second kappa shape index (κ2) is 7.66. The second-order valence-electron chi connectivity index (χ2n) is 2.37. The average Bonchev–Trinajstić information content (AvgIpc) is 1.98. The fourth-order valence-electron chi connectivity index (χ4n) is 0.846. The molecule has 1 atom stereocenters. The Labute approximate surface area is 73.5 Å². The number of hydrogen-bond acceptors (Lipinski definition) is 2. The molecule has 0 rings (SSSR count). The summed E-state index contributed by atoms with van der Waals surface area (Å²) in [5.74, 6) is 0. The zero-order valence-corrected chi connectivity index (χ0v) is 9.58. The van der Waals surface area contributed by atoms with E-state index in [9.17, 15) is 3.08 Å². The Kier molecular flexibility index (Phi) is 8.09. The van der Waals surface area contributed by atoms with Crippen LogP contribution < -0.4 is 0 Å². The van der Waals surface area contributed by atoms with Crippen LogP contribution in [0.4, 0.5) is 0 Å². The van der Waals surface area contributed by atoms with Gasteiger partial charge in [0, 0.05) is 0 Å². The summed E-state index contributed by atoms with van der Waals surface area (Å²) in [5.41, 5.74) is 0. The van der Waals surface area contributed by atoms with Gasteiger partial charge < -0.3 is 0 Å². The Morgan fingerprint density at radius 2 is 2.20 bits per heavy atom. The minimum absolute atomic E-state index is 0.282. The van der Waals surface area contributed by atoms with Crippen LogP contribution in [0, 0.1) is 0 Å². The van der Waals surface area contributed by atoms with Gasteiger partial charge in [-0.25, -0.2) is 0 Å². The van der Waals surface area contributed by atoms with Crippen LogP contribution >= 0.6 is 0 Å². The molecule has 0 aliphatic rings. The third-order valence-corrected chi connectivity index (χ3v) is 2.78. The van der Waals surface area contributed by atoms with Crippen LogP contribution in [0.2, 0.25) is 0 Å². The fourth-order valence-corrected chi connectivity index (χ4v) is 2.05. The molecule has 0 fully saturated rings. The molecule has 0 saturated heterocycles. The Morgan fingerprint density at radius 1 is 1.50 bits per heavy atom. The molecular formula is C7H15O2Sn. The van der Waals surface area contributed by atoms with Gasteiger partial charge in [-0.1, -0.05) is 0 Å². The van der Waals surface area contributed by atoms with E-state index in [0.717, 1.165) is 12.8 Å². The number of hydrogen-bond donors (Lipinski definition) is 0. The van der Waals surface area contributed by atoms with Gasteiger partial charge in [0.2, 0.25) is 0 Å². The monoisotopic (exact) mass is 251 g/mol. The summed E-state index contributed by atoms with van der Waals surface area (Å²) in [5, 5.41) is 0. The first-order valence-corrected chi connectivity index (χ1v) is 6.21. The molecule has 0 aliphatic heterocycles. The zero-order valence-electron chi connectivity index (χ0n) is 6.72. The van der Waals surface area contributed by atoms with Gasteiger partial charge in [-0.2, -0.15) is 0 Å². The predicted molar refractivity (Wildman–Crippen MR) is 41.1 cm³/mol. The summed E-state index contributed by atoms with van der Waals surface area (Å²) in [6.07, 6.45) is 4.75. The van der Waals surface area contributed by atoms with E-state index in [1.807, 2.05) is 0 Å². The van der Waals surface area contributed by atoms with Crippen molar-refractivity contribution >= 4 is 21.5 Å². The maximum atomic E-state index is 10.2. The van der Waals surface area contributed by atoms with Crippen molar-refractivity contribution < 1.29 is 6.15 Å². The molecule has 0 aromatic rings. The van der Waals surface area contributed by atoms with Gasteiger partial charge in [-0.3, -0.25) is 0 Å². The molecule has 0 bridgehead atoms. The first-order chi connectivity index (χ1) is 4.85. The predicted octanol–water partition coefficient (Wildman–Crippen LogP) is 1.94. The SMILES string of the molecule is CCCCC(CC)[O][Sn]=[O]. The normalized spacial score (nSPS) is 13.0. The van der Waals surface area contributed by atoms with Crippen LogP contribution in [-0.4, -0.2) is 27.6 Å². The van der Waals surface area contributed by atoms with Crippen LogP contribution in [0.1, 0.15) is 39.5 Å². The van der Waals surface area contributed by atoms with Gasteiger partial charge >= 0.3 is 73.3 Å². The summed E-state index contributed by atoms with van der Waals surface area (Å²) >= 11 is -1.65. The number of rotatable bonds is 6. The molecule has 0 aromatic carbocycles. The van der Waals surface area contributed by atoms with Crippen molar-refractivity contribution in [1.82, 2.24) is 0 Å². The summed E-state index contributed by atoms with van der Waals surface area (Å²) in [4.78, 5) is 0. The summed E-state index contributed by atoms with van der Waals surface area (Å²) in [6, 6.07) is 0. The van der Waals surface area contributed by atoms with Crippen LogP contribution in [0.15, 0.2) is 0 Å². The third kappa shape index (κ3) is 5.35. The molecule has 1 unspecified atom stereocenters. The molecule has 2 nitrogen and oxygen atoms in total. The second-order valence-corrected chi connectivity index (χ2v) is 3.52. The summed E-state index contributed by atoms with van der Waals surface area (Å²) in [6.45, 7) is 4.24. The van der Waals surface area contributed by atoms with Crippen molar-refractivity contribution in [3.05, 3.63) is 0 Å². The maximum absolute atomic E-state index is 10.2. The molecule has 0 amide bonds. The Balaban J connectivity index is 3.29. The minimum atomic E-state index is -1.65. The zero-order chi connectivity index (χ0) is 7.82. The Bertz CT molecular complexity index is 85.7. The third-order valence-electron chi connectivity index (χ3n) is 1.55. The van der Waals surface area contributed by atoms with Crippen molar-refractivity contribution in [3.63, 3.8) is 0 Å². The van der Waals surface area contributed by atoms with E-state index in [1.165, 1.54) is 12.8 Å². The molecule has 0 heterocycles. The van der Waals surface area contributed by atoms with Crippen LogP contribution in [0.3, 0.4) is 0 Å².